The Morgan fingerprint density at radius 3 is 2.43 bits per heavy atom. The van der Waals surface area contributed by atoms with Crippen LogP contribution in [0, 0.1) is 0 Å². The van der Waals surface area contributed by atoms with Crippen LogP contribution >= 0.6 is 0 Å². The van der Waals surface area contributed by atoms with E-state index in [-0.39, 0.29) is 24.1 Å². The highest BCUT2D eigenvalue weighted by atomic mass is 16.2. The second-order valence-electron chi connectivity index (χ2n) is 7.88. The number of carbonyl (C=O) groups is 1. The first-order valence-electron chi connectivity index (χ1n) is 10.7. The Morgan fingerprint density at radius 1 is 0.967 bits per heavy atom. The standard InChI is InChI=1S/C24H28N4O2/c29-23(17-28-18-26-21-13-7-6-12-20(21)24(28)30)25-16-22(19-10-4-3-5-11-19)27-14-8-1-2-9-15-27/h3-7,10-13,18,22H,1-2,8-9,14-17H2,(H,25,29)/t22-/m0/s1. The van der Waals surface area contributed by atoms with Gasteiger partial charge in [0.2, 0.25) is 5.91 Å². The van der Waals surface area contributed by atoms with Crippen molar-refractivity contribution in [2.24, 2.45) is 0 Å². The molecule has 156 valence electrons. The summed E-state index contributed by atoms with van der Waals surface area (Å²) in [5.41, 5.74) is 1.66. The van der Waals surface area contributed by atoms with Crippen molar-refractivity contribution in [1.82, 2.24) is 19.8 Å². The number of likely N-dealkylation sites (tertiary alicyclic amines) is 1. The minimum Gasteiger partial charge on any atom is -0.353 e. The number of nitrogens with zero attached hydrogens (tertiary/aromatic N) is 3. The monoisotopic (exact) mass is 404 g/mol. The van der Waals surface area contributed by atoms with E-state index < -0.39 is 0 Å². The molecule has 6 nitrogen and oxygen atoms in total. The van der Waals surface area contributed by atoms with Gasteiger partial charge in [-0.25, -0.2) is 4.98 Å². The molecule has 1 N–H and O–H groups in total. The van der Waals surface area contributed by atoms with Crippen LogP contribution in [-0.2, 0) is 11.3 Å². The molecule has 0 saturated carbocycles. The van der Waals surface area contributed by atoms with Crippen LogP contribution in [0.1, 0.15) is 37.3 Å². The number of aromatic nitrogens is 2. The summed E-state index contributed by atoms with van der Waals surface area (Å²) in [5, 5.41) is 3.58. The van der Waals surface area contributed by atoms with Crippen LogP contribution in [0.5, 0.6) is 0 Å². The van der Waals surface area contributed by atoms with Gasteiger partial charge in [0.15, 0.2) is 0 Å². The van der Waals surface area contributed by atoms with E-state index in [0.29, 0.717) is 17.4 Å². The Morgan fingerprint density at radius 2 is 1.67 bits per heavy atom. The van der Waals surface area contributed by atoms with Crippen LogP contribution in [0.15, 0.2) is 65.7 Å². The molecule has 1 saturated heterocycles. The highest BCUT2D eigenvalue weighted by Crippen LogP contribution is 2.23. The minimum absolute atomic E-state index is 0.0296. The van der Waals surface area contributed by atoms with Gasteiger partial charge in [0.1, 0.15) is 6.54 Å². The van der Waals surface area contributed by atoms with Crippen molar-refractivity contribution in [2.75, 3.05) is 19.6 Å². The first kappa shape index (κ1) is 20.3. The summed E-state index contributed by atoms with van der Waals surface area (Å²) >= 11 is 0. The smallest absolute Gasteiger partial charge is 0.261 e. The molecule has 1 atom stereocenters. The Kier molecular flexibility index (Phi) is 6.54. The lowest BCUT2D eigenvalue weighted by Crippen LogP contribution is -2.40. The van der Waals surface area contributed by atoms with E-state index in [1.54, 1.807) is 12.1 Å². The van der Waals surface area contributed by atoms with Crippen molar-refractivity contribution < 1.29 is 4.79 Å². The third kappa shape index (κ3) is 4.76. The summed E-state index contributed by atoms with van der Waals surface area (Å²) in [4.78, 5) is 32.1. The molecule has 0 radical (unpaired) electrons. The quantitative estimate of drug-likeness (QED) is 0.685. The lowest BCUT2D eigenvalue weighted by atomic mass is 10.0. The fourth-order valence-corrected chi connectivity index (χ4v) is 4.18. The van der Waals surface area contributed by atoms with Crippen molar-refractivity contribution >= 4 is 16.8 Å². The van der Waals surface area contributed by atoms with E-state index in [2.05, 4.69) is 27.3 Å². The molecule has 6 heteroatoms. The maximum absolute atomic E-state index is 12.7. The lowest BCUT2D eigenvalue weighted by molar-refractivity contribution is -0.122. The van der Waals surface area contributed by atoms with Crippen LogP contribution < -0.4 is 10.9 Å². The summed E-state index contributed by atoms with van der Waals surface area (Å²) in [5.74, 6) is -0.176. The maximum Gasteiger partial charge on any atom is 0.261 e. The van der Waals surface area contributed by atoms with E-state index in [4.69, 9.17) is 0 Å². The third-order valence-electron chi connectivity index (χ3n) is 5.80. The molecule has 1 amide bonds. The number of hydrogen-bond acceptors (Lipinski definition) is 4. The average molecular weight is 405 g/mol. The van der Waals surface area contributed by atoms with Crippen molar-refractivity contribution in [3.05, 3.63) is 76.8 Å². The predicted octanol–water partition coefficient (Wildman–Crippen LogP) is 3.13. The van der Waals surface area contributed by atoms with Crippen LogP contribution in [0.3, 0.4) is 0 Å². The first-order valence-corrected chi connectivity index (χ1v) is 10.7. The van der Waals surface area contributed by atoms with Crippen LogP contribution in [0.25, 0.3) is 10.9 Å². The predicted molar refractivity (Wildman–Crippen MR) is 118 cm³/mol. The molecule has 3 aromatic rings. The van der Waals surface area contributed by atoms with Gasteiger partial charge in [-0.2, -0.15) is 0 Å². The molecule has 2 heterocycles. The van der Waals surface area contributed by atoms with Crippen molar-refractivity contribution in [1.29, 1.82) is 0 Å². The van der Waals surface area contributed by atoms with Gasteiger partial charge in [-0.05, 0) is 43.6 Å². The van der Waals surface area contributed by atoms with E-state index >= 15 is 0 Å². The number of benzene rings is 2. The summed E-state index contributed by atoms with van der Waals surface area (Å²) in [7, 11) is 0. The fraction of sp³-hybridized carbons (Fsp3) is 0.375. The number of hydrogen-bond donors (Lipinski definition) is 1. The first-order chi connectivity index (χ1) is 14.7. The number of amides is 1. The number of carbonyl (C=O) groups excluding carboxylic acids is 1. The third-order valence-corrected chi connectivity index (χ3v) is 5.80. The van der Waals surface area contributed by atoms with Gasteiger partial charge in [-0.3, -0.25) is 19.1 Å². The molecule has 0 aliphatic carbocycles. The van der Waals surface area contributed by atoms with E-state index in [9.17, 15) is 9.59 Å². The van der Waals surface area contributed by atoms with Gasteiger partial charge in [0, 0.05) is 6.54 Å². The molecule has 2 aromatic carbocycles. The number of para-hydroxylation sites is 1. The molecule has 1 aromatic heterocycles. The van der Waals surface area contributed by atoms with E-state index in [0.717, 1.165) is 13.1 Å². The highest BCUT2D eigenvalue weighted by Gasteiger charge is 2.22. The molecule has 1 aliphatic heterocycles. The Hall–Kier alpha value is -2.99. The number of nitrogens with one attached hydrogen (secondary N) is 1. The highest BCUT2D eigenvalue weighted by molar-refractivity contribution is 5.78. The summed E-state index contributed by atoms with van der Waals surface area (Å²) in [6, 6.07) is 17.7. The second-order valence-corrected chi connectivity index (χ2v) is 7.88. The van der Waals surface area contributed by atoms with Gasteiger partial charge in [0.25, 0.3) is 5.56 Å². The lowest BCUT2D eigenvalue weighted by Gasteiger charge is -2.31. The minimum atomic E-state index is -0.192. The maximum atomic E-state index is 12.7. The SMILES string of the molecule is O=C(Cn1cnc2ccccc2c1=O)NC[C@@H](c1ccccc1)N1CCCCCC1. The molecular weight excluding hydrogens is 376 g/mol. The van der Waals surface area contributed by atoms with Gasteiger partial charge in [-0.15, -0.1) is 0 Å². The Balaban J connectivity index is 1.46. The van der Waals surface area contributed by atoms with E-state index in [1.807, 2.05) is 30.3 Å². The average Bonchev–Trinajstić information content (AvgIpc) is 3.06. The zero-order chi connectivity index (χ0) is 20.8. The zero-order valence-corrected chi connectivity index (χ0v) is 17.2. The van der Waals surface area contributed by atoms with Gasteiger partial charge in [-0.1, -0.05) is 55.3 Å². The molecular formula is C24H28N4O2. The van der Waals surface area contributed by atoms with Crippen molar-refractivity contribution in [3.8, 4) is 0 Å². The zero-order valence-electron chi connectivity index (χ0n) is 17.2. The Bertz CT molecular complexity index is 1040. The number of rotatable bonds is 6. The van der Waals surface area contributed by atoms with E-state index in [1.165, 1.54) is 42.1 Å². The van der Waals surface area contributed by atoms with Crippen LogP contribution in [0.4, 0.5) is 0 Å². The van der Waals surface area contributed by atoms with Gasteiger partial charge >= 0.3 is 0 Å². The van der Waals surface area contributed by atoms with Gasteiger partial charge < -0.3 is 5.32 Å². The Labute approximate surface area is 176 Å². The van der Waals surface area contributed by atoms with Gasteiger partial charge in [0.05, 0.1) is 23.3 Å². The molecule has 1 aliphatic rings. The number of fused-ring (bicyclic) bond motifs is 1. The molecule has 0 unspecified atom stereocenters. The van der Waals surface area contributed by atoms with Crippen LogP contribution in [0.2, 0.25) is 0 Å². The summed E-state index contributed by atoms with van der Waals surface area (Å²) in [6.07, 6.45) is 6.36. The summed E-state index contributed by atoms with van der Waals surface area (Å²) in [6.45, 7) is 2.59. The molecule has 30 heavy (non-hydrogen) atoms. The molecule has 1 fully saturated rings. The summed E-state index contributed by atoms with van der Waals surface area (Å²) < 4.78 is 1.38. The second kappa shape index (κ2) is 9.67. The van der Waals surface area contributed by atoms with Crippen LogP contribution in [-0.4, -0.2) is 40.0 Å². The molecule has 4 rings (SSSR count). The molecule has 0 bridgehead atoms. The molecule has 0 spiro atoms. The topological polar surface area (TPSA) is 67.2 Å². The fourth-order valence-electron chi connectivity index (χ4n) is 4.18. The van der Waals surface area contributed by atoms with Crippen molar-refractivity contribution in [3.63, 3.8) is 0 Å². The van der Waals surface area contributed by atoms with Crippen molar-refractivity contribution in [2.45, 2.75) is 38.3 Å². The largest absolute Gasteiger partial charge is 0.353 e. The normalized spacial score (nSPS) is 16.1.